The Labute approximate surface area is 161 Å². The van der Waals surface area contributed by atoms with Crippen LogP contribution in [-0.4, -0.2) is 40.0 Å². The lowest BCUT2D eigenvalue weighted by Gasteiger charge is -2.25. The number of carbonyl (C=O) groups is 4. The highest BCUT2D eigenvalue weighted by Crippen LogP contribution is 2.31. The molecule has 2 aromatic rings. The molecule has 0 bridgehead atoms. The fourth-order valence-corrected chi connectivity index (χ4v) is 3.07. The lowest BCUT2D eigenvalue weighted by molar-refractivity contribution is -0.140. The van der Waals surface area contributed by atoms with Gasteiger partial charge in [-0.05, 0) is 24.1 Å². The van der Waals surface area contributed by atoms with Crippen LogP contribution in [0.5, 0.6) is 0 Å². The minimum atomic E-state index is -1.26. The molecule has 4 amide bonds. The van der Waals surface area contributed by atoms with Gasteiger partial charge in [0.1, 0.15) is 11.2 Å². The molecule has 0 spiro atoms. The van der Waals surface area contributed by atoms with Crippen LogP contribution in [0.2, 0.25) is 0 Å². The number of hydrogen-bond donors (Lipinski definition) is 2. The monoisotopic (exact) mass is 384 g/mol. The minimum absolute atomic E-state index is 0.275. The van der Waals surface area contributed by atoms with E-state index in [0.717, 1.165) is 0 Å². The third kappa shape index (κ3) is 3.34. The summed E-state index contributed by atoms with van der Waals surface area (Å²) in [6.45, 7) is 1.13. The summed E-state index contributed by atoms with van der Waals surface area (Å²) in [5.74, 6) is -2.09. The van der Waals surface area contributed by atoms with Crippen molar-refractivity contribution in [2.24, 2.45) is 7.05 Å². The number of aryl methyl sites for hydroxylation is 1. The van der Waals surface area contributed by atoms with Gasteiger partial charge in [0.25, 0.3) is 11.8 Å². The summed E-state index contributed by atoms with van der Waals surface area (Å²) in [7, 11) is 1.66. The van der Waals surface area contributed by atoms with Crippen molar-refractivity contribution in [1.29, 1.82) is 0 Å². The van der Waals surface area contributed by atoms with Gasteiger partial charge in [0, 0.05) is 13.2 Å². The second kappa shape index (κ2) is 7.55. The predicted octanol–water partition coefficient (Wildman–Crippen LogP) is 1.07. The van der Waals surface area contributed by atoms with Crippen molar-refractivity contribution in [3.05, 3.63) is 59.9 Å². The molecule has 2 N–H and O–H groups in total. The molecule has 1 aliphatic rings. The summed E-state index contributed by atoms with van der Waals surface area (Å²) in [5, 5.41) is 3.27. The van der Waals surface area contributed by atoms with Crippen LogP contribution < -0.4 is 10.7 Å². The molecular weight excluding hydrogens is 364 g/mol. The van der Waals surface area contributed by atoms with Gasteiger partial charge in [-0.3, -0.25) is 15.0 Å². The predicted molar refractivity (Wildman–Crippen MR) is 97.6 cm³/mol. The number of aromatic nitrogens is 1. The van der Waals surface area contributed by atoms with Crippen molar-refractivity contribution in [2.45, 2.75) is 18.9 Å². The van der Waals surface area contributed by atoms with Gasteiger partial charge in [-0.15, -0.1) is 0 Å². The van der Waals surface area contributed by atoms with Gasteiger partial charge >= 0.3 is 12.0 Å². The van der Waals surface area contributed by atoms with Gasteiger partial charge < -0.3 is 14.6 Å². The molecule has 0 saturated carbocycles. The summed E-state index contributed by atoms with van der Waals surface area (Å²) in [6, 6.07) is 11.2. The molecule has 146 valence electrons. The molecule has 0 unspecified atom stereocenters. The molecule has 1 saturated heterocycles. The number of amides is 4. The Morgan fingerprint density at radius 3 is 2.46 bits per heavy atom. The number of benzene rings is 1. The maximum absolute atomic E-state index is 12.9. The third-order valence-corrected chi connectivity index (χ3v) is 4.61. The first-order valence-electron chi connectivity index (χ1n) is 8.69. The van der Waals surface area contributed by atoms with Gasteiger partial charge in [0.2, 0.25) is 0 Å². The van der Waals surface area contributed by atoms with Gasteiger partial charge in [-0.1, -0.05) is 37.3 Å². The maximum Gasteiger partial charge on any atom is 0.355 e. The Morgan fingerprint density at radius 2 is 1.86 bits per heavy atom. The number of nitrogens with zero attached hydrogens (tertiary/aromatic N) is 2. The highest BCUT2D eigenvalue weighted by atomic mass is 16.5. The normalized spacial score (nSPS) is 18.7. The highest BCUT2D eigenvalue weighted by Gasteiger charge is 2.52. The van der Waals surface area contributed by atoms with Crippen molar-refractivity contribution >= 4 is 23.8 Å². The number of esters is 1. The van der Waals surface area contributed by atoms with Crippen LogP contribution in [0.25, 0.3) is 0 Å². The SMILES string of the molecule is CC[C@]1(c2ccccc2)NC(=O)N(NC(=O)COC(=O)c2cccn2C)C1=O. The van der Waals surface area contributed by atoms with E-state index < -0.39 is 36.0 Å². The quantitative estimate of drug-likeness (QED) is 0.572. The zero-order valence-electron chi connectivity index (χ0n) is 15.5. The topological polar surface area (TPSA) is 110 Å². The van der Waals surface area contributed by atoms with Gasteiger partial charge in [-0.25, -0.2) is 9.59 Å². The highest BCUT2D eigenvalue weighted by molar-refractivity contribution is 6.08. The van der Waals surface area contributed by atoms with E-state index in [1.807, 2.05) is 0 Å². The molecule has 28 heavy (non-hydrogen) atoms. The number of ether oxygens (including phenoxy) is 1. The molecule has 9 nitrogen and oxygen atoms in total. The number of carbonyl (C=O) groups excluding carboxylic acids is 4. The molecule has 3 rings (SSSR count). The van der Waals surface area contributed by atoms with Crippen LogP contribution in [0, 0.1) is 0 Å². The van der Waals surface area contributed by atoms with E-state index in [2.05, 4.69) is 10.7 Å². The summed E-state index contributed by atoms with van der Waals surface area (Å²) in [4.78, 5) is 49.3. The van der Waals surface area contributed by atoms with Gasteiger partial charge in [0.05, 0.1) is 0 Å². The fourth-order valence-electron chi connectivity index (χ4n) is 3.07. The van der Waals surface area contributed by atoms with Crippen LogP contribution in [-0.2, 0) is 26.9 Å². The Bertz CT molecular complexity index is 923. The number of nitrogens with one attached hydrogen (secondary N) is 2. The van der Waals surface area contributed by atoms with Crippen LogP contribution in [0.3, 0.4) is 0 Å². The molecule has 1 aromatic heterocycles. The van der Waals surface area contributed by atoms with E-state index in [4.69, 9.17) is 4.74 Å². The molecular formula is C19H20N4O5. The summed E-state index contributed by atoms with van der Waals surface area (Å²) in [6.07, 6.45) is 1.97. The van der Waals surface area contributed by atoms with Crippen LogP contribution in [0.15, 0.2) is 48.7 Å². The average Bonchev–Trinajstić information content (AvgIpc) is 3.23. The molecule has 0 aliphatic carbocycles. The van der Waals surface area contributed by atoms with Crippen LogP contribution in [0.1, 0.15) is 29.4 Å². The molecule has 0 radical (unpaired) electrons. The molecule has 1 aliphatic heterocycles. The summed E-state index contributed by atoms with van der Waals surface area (Å²) < 4.78 is 6.48. The van der Waals surface area contributed by atoms with Crippen molar-refractivity contribution in [1.82, 2.24) is 20.3 Å². The number of rotatable bonds is 6. The zero-order valence-corrected chi connectivity index (χ0v) is 15.5. The molecule has 2 heterocycles. The van der Waals surface area contributed by atoms with Crippen LogP contribution in [0.4, 0.5) is 4.79 Å². The molecule has 1 fully saturated rings. The standard InChI is InChI=1S/C19H20N4O5/c1-3-19(13-8-5-4-6-9-13)17(26)23(18(27)20-19)21-15(24)12-28-16(25)14-10-7-11-22(14)2/h4-11H,3,12H2,1-2H3,(H,20,27)(H,21,24)/t19-/m1/s1. The largest absolute Gasteiger partial charge is 0.451 e. The Hall–Kier alpha value is -3.62. The van der Waals surface area contributed by atoms with Crippen molar-refractivity contribution in [2.75, 3.05) is 6.61 Å². The number of imide groups is 1. The van der Waals surface area contributed by atoms with E-state index in [-0.39, 0.29) is 5.69 Å². The van der Waals surface area contributed by atoms with E-state index in [0.29, 0.717) is 17.0 Å². The zero-order chi connectivity index (χ0) is 20.3. The fraction of sp³-hybridized carbons (Fsp3) is 0.263. The second-order valence-electron chi connectivity index (χ2n) is 6.31. The third-order valence-electron chi connectivity index (χ3n) is 4.61. The summed E-state index contributed by atoms with van der Waals surface area (Å²) in [5.41, 5.74) is 1.83. The number of hydrogen-bond acceptors (Lipinski definition) is 5. The smallest absolute Gasteiger partial charge is 0.355 e. The number of urea groups is 1. The van der Waals surface area contributed by atoms with E-state index in [9.17, 15) is 19.2 Å². The van der Waals surface area contributed by atoms with Crippen molar-refractivity contribution in [3.8, 4) is 0 Å². The first-order valence-corrected chi connectivity index (χ1v) is 8.69. The van der Waals surface area contributed by atoms with E-state index in [1.165, 1.54) is 0 Å². The van der Waals surface area contributed by atoms with Gasteiger partial charge in [-0.2, -0.15) is 5.01 Å². The summed E-state index contributed by atoms with van der Waals surface area (Å²) >= 11 is 0. The molecule has 1 atom stereocenters. The van der Waals surface area contributed by atoms with Crippen molar-refractivity contribution in [3.63, 3.8) is 0 Å². The van der Waals surface area contributed by atoms with Crippen molar-refractivity contribution < 1.29 is 23.9 Å². The molecule has 1 aromatic carbocycles. The van der Waals surface area contributed by atoms with E-state index in [1.54, 1.807) is 67.2 Å². The lowest BCUT2D eigenvalue weighted by atomic mass is 9.87. The second-order valence-corrected chi connectivity index (χ2v) is 6.31. The first kappa shape index (κ1) is 19.2. The van der Waals surface area contributed by atoms with Crippen LogP contribution >= 0.6 is 0 Å². The minimum Gasteiger partial charge on any atom is -0.451 e. The lowest BCUT2D eigenvalue weighted by Crippen LogP contribution is -2.49. The van der Waals surface area contributed by atoms with Gasteiger partial charge in [0.15, 0.2) is 6.61 Å². The Kier molecular flexibility index (Phi) is 5.16. The molecule has 9 heteroatoms. The maximum atomic E-state index is 12.9. The Balaban J connectivity index is 1.66. The number of hydrazine groups is 1. The average molecular weight is 384 g/mol. The first-order chi connectivity index (χ1) is 13.4. The van der Waals surface area contributed by atoms with E-state index >= 15 is 0 Å². The Morgan fingerprint density at radius 1 is 1.14 bits per heavy atom.